The van der Waals surface area contributed by atoms with Crippen molar-refractivity contribution in [3.63, 3.8) is 0 Å². The molecule has 0 aliphatic heterocycles. The topological polar surface area (TPSA) is 70.2 Å². The summed E-state index contributed by atoms with van der Waals surface area (Å²) in [6, 6.07) is 9.48. The van der Waals surface area contributed by atoms with Gasteiger partial charge in [-0.1, -0.05) is 69.4 Å². The first-order chi connectivity index (χ1) is 11.7. The number of hydrogen-bond acceptors (Lipinski definition) is 3. The fourth-order valence-corrected chi connectivity index (χ4v) is 2.41. The lowest BCUT2D eigenvalue weighted by molar-refractivity contribution is -0.119. The molecule has 0 radical (unpaired) electrons. The summed E-state index contributed by atoms with van der Waals surface area (Å²) >= 11 is 0. The fourth-order valence-electron chi connectivity index (χ4n) is 2.41. The maximum Gasteiger partial charge on any atom is 0.321 e. The third-order valence-electron chi connectivity index (χ3n) is 3.79. The van der Waals surface area contributed by atoms with E-state index in [0.29, 0.717) is 6.54 Å². The van der Waals surface area contributed by atoms with E-state index in [0.717, 1.165) is 24.9 Å². The number of carbonyl (C=O) groups is 2. The van der Waals surface area contributed by atoms with Crippen LogP contribution in [0.1, 0.15) is 51.0 Å². The second kappa shape index (κ2) is 13.5. The van der Waals surface area contributed by atoms with E-state index in [9.17, 15) is 9.59 Å². The Morgan fingerprint density at radius 1 is 0.917 bits per heavy atom. The van der Waals surface area contributed by atoms with E-state index in [2.05, 4.69) is 22.9 Å². The first-order valence-corrected chi connectivity index (χ1v) is 9.04. The lowest BCUT2D eigenvalue weighted by Crippen LogP contribution is -2.44. The number of nitrogens with one attached hydrogen (secondary N) is 3. The molecule has 5 nitrogen and oxygen atoms in total. The molecule has 0 heterocycles. The van der Waals surface area contributed by atoms with Gasteiger partial charge in [0.25, 0.3) is 0 Å². The number of urea groups is 1. The Morgan fingerprint density at radius 2 is 1.62 bits per heavy atom. The third kappa shape index (κ3) is 10.8. The van der Waals surface area contributed by atoms with E-state index in [1.54, 1.807) is 0 Å². The zero-order valence-electron chi connectivity index (χ0n) is 14.8. The highest BCUT2D eigenvalue weighted by Crippen LogP contribution is 2.03. The molecule has 0 saturated heterocycles. The predicted octanol–water partition coefficient (Wildman–Crippen LogP) is 3.01. The molecule has 0 bridgehead atoms. The number of rotatable bonds is 12. The largest absolute Gasteiger partial charge is 0.337 e. The van der Waals surface area contributed by atoms with E-state index in [4.69, 9.17) is 0 Å². The molecule has 1 aromatic rings. The van der Waals surface area contributed by atoms with Gasteiger partial charge >= 0.3 is 6.03 Å². The highest BCUT2D eigenvalue weighted by molar-refractivity contribution is 5.95. The van der Waals surface area contributed by atoms with E-state index in [-0.39, 0.29) is 12.5 Å². The third-order valence-corrected chi connectivity index (χ3v) is 3.79. The van der Waals surface area contributed by atoms with Crippen LogP contribution < -0.4 is 16.0 Å². The van der Waals surface area contributed by atoms with Crippen molar-refractivity contribution in [1.29, 1.82) is 0 Å². The first-order valence-electron chi connectivity index (χ1n) is 9.04. The summed E-state index contributed by atoms with van der Waals surface area (Å²) in [5.74, 6) is -0.293. The Morgan fingerprint density at radius 3 is 2.38 bits per heavy atom. The molecule has 0 aromatic heterocycles. The van der Waals surface area contributed by atoms with Crippen molar-refractivity contribution in [3.05, 3.63) is 35.9 Å². The van der Waals surface area contributed by atoms with Crippen molar-refractivity contribution in [2.75, 3.05) is 19.6 Å². The van der Waals surface area contributed by atoms with Gasteiger partial charge in [-0.2, -0.15) is 0 Å². The summed E-state index contributed by atoms with van der Waals surface area (Å²) in [5, 5.41) is 8.10. The highest BCUT2D eigenvalue weighted by atomic mass is 16.2. The normalized spacial score (nSPS) is 10.4. The average molecular weight is 333 g/mol. The Labute approximate surface area is 145 Å². The molecule has 0 aliphatic carbocycles. The SMILES string of the molecule is CCCCCCCCNCC(=O)NC(=O)NCCc1ccccc1. The van der Waals surface area contributed by atoms with E-state index >= 15 is 0 Å². The lowest BCUT2D eigenvalue weighted by Gasteiger charge is -2.08. The number of unbranched alkanes of at least 4 members (excludes halogenated alkanes) is 5. The van der Waals surface area contributed by atoms with Gasteiger partial charge < -0.3 is 10.6 Å². The van der Waals surface area contributed by atoms with Gasteiger partial charge in [-0.15, -0.1) is 0 Å². The first kappa shape index (κ1) is 20.2. The van der Waals surface area contributed by atoms with E-state index < -0.39 is 6.03 Å². The van der Waals surface area contributed by atoms with Gasteiger partial charge in [0.15, 0.2) is 0 Å². The summed E-state index contributed by atoms with van der Waals surface area (Å²) < 4.78 is 0. The molecule has 0 unspecified atom stereocenters. The maximum atomic E-state index is 11.6. The van der Waals surface area contributed by atoms with Crippen LogP contribution in [0, 0.1) is 0 Å². The number of amides is 3. The lowest BCUT2D eigenvalue weighted by atomic mass is 10.1. The zero-order chi connectivity index (χ0) is 17.5. The summed E-state index contributed by atoms with van der Waals surface area (Å²) in [6.07, 6.45) is 8.11. The summed E-state index contributed by atoms with van der Waals surface area (Å²) in [7, 11) is 0. The predicted molar refractivity (Wildman–Crippen MR) is 97.9 cm³/mol. The van der Waals surface area contributed by atoms with Crippen molar-refractivity contribution in [3.8, 4) is 0 Å². The van der Waals surface area contributed by atoms with Gasteiger partial charge in [0.1, 0.15) is 0 Å². The van der Waals surface area contributed by atoms with Crippen molar-refractivity contribution in [2.45, 2.75) is 51.9 Å². The second-order valence-electron chi connectivity index (χ2n) is 5.98. The number of imide groups is 1. The van der Waals surface area contributed by atoms with Gasteiger partial charge in [-0.3, -0.25) is 10.1 Å². The standard InChI is InChI=1S/C19H31N3O2/c1-2-3-4-5-6-10-14-20-16-18(23)22-19(24)21-15-13-17-11-8-7-9-12-17/h7-9,11-12,20H,2-6,10,13-16H2,1H3,(H2,21,22,23,24). The van der Waals surface area contributed by atoms with Crippen LogP contribution in [0.25, 0.3) is 0 Å². The molecule has 0 atom stereocenters. The van der Waals surface area contributed by atoms with Crippen molar-refractivity contribution in [1.82, 2.24) is 16.0 Å². The van der Waals surface area contributed by atoms with Crippen LogP contribution in [0.4, 0.5) is 4.79 Å². The minimum absolute atomic E-state index is 0.182. The molecule has 0 aliphatic rings. The van der Waals surface area contributed by atoms with Gasteiger partial charge in [0, 0.05) is 6.54 Å². The summed E-state index contributed by atoms with van der Waals surface area (Å²) in [4.78, 5) is 23.2. The van der Waals surface area contributed by atoms with Crippen LogP contribution >= 0.6 is 0 Å². The molecule has 0 fully saturated rings. The molecule has 134 valence electrons. The van der Waals surface area contributed by atoms with Gasteiger partial charge in [0.05, 0.1) is 6.54 Å². The van der Waals surface area contributed by atoms with Crippen LogP contribution in [0.2, 0.25) is 0 Å². The molecule has 1 rings (SSSR count). The molecule has 0 saturated carbocycles. The molecule has 24 heavy (non-hydrogen) atoms. The average Bonchev–Trinajstić information content (AvgIpc) is 2.58. The highest BCUT2D eigenvalue weighted by Gasteiger charge is 2.06. The van der Waals surface area contributed by atoms with Gasteiger partial charge in [0.2, 0.25) is 5.91 Å². The minimum atomic E-state index is -0.433. The molecular formula is C19H31N3O2. The second-order valence-corrected chi connectivity index (χ2v) is 5.98. The van der Waals surface area contributed by atoms with Crippen LogP contribution in [0.5, 0.6) is 0 Å². The van der Waals surface area contributed by atoms with Crippen molar-refractivity contribution < 1.29 is 9.59 Å². The fraction of sp³-hybridized carbons (Fsp3) is 0.579. The quantitative estimate of drug-likeness (QED) is 0.515. The molecule has 5 heteroatoms. The monoisotopic (exact) mass is 333 g/mol. The van der Waals surface area contributed by atoms with E-state index in [1.165, 1.54) is 32.1 Å². The number of carbonyl (C=O) groups excluding carboxylic acids is 2. The van der Waals surface area contributed by atoms with Crippen LogP contribution in [0.3, 0.4) is 0 Å². The van der Waals surface area contributed by atoms with Crippen LogP contribution in [-0.2, 0) is 11.2 Å². The number of hydrogen-bond donors (Lipinski definition) is 3. The molecule has 3 amide bonds. The van der Waals surface area contributed by atoms with Gasteiger partial charge in [-0.25, -0.2) is 4.79 Å². The Kier molecular flexibility index (Phi) is 11.4. The van der Waals surface area contributed by atoms with Gasteiger partial charge in [-0.05, 0) is 24.9 Å². The van der Waals surface area contributed by atoms with Crippen LogP contribution in [0.15, 0.2) is 30.3 Å². The Balaban J connectivity index is 1.97. The molecule has 0 spiro atoms. The van der Waals surface area contributed by atoms with Crippen molar-refractivity contribution >= 4 is 11.9 Å². The smallest absolute Gasteiger partial charge is 0.321 e. The van der Waals surface area contributed by atoms with Crippen LogP contribution in [-0.4, -0.2) is 31.6 Å². The molecular weight excluding hydrogens is 302 g/mol. The van der Waals surface area contributed by atoms with E-state index in [1.807, 2.05) is 30.3 Å². The maximum absolute atomic E-state index is 11.6. The molecule has 3 N–H and O–H groups in total. The Bertz CT molecular complexity index is 463. The number of benzene rings is 1. The van der Waals surface area contributed by atoms with Crippen molar-refractivity contribution in [2.24, 2.45) is 0 Å². The summed E-state index contributed by atoms with van der Waals surface area (Å²) in [5.41, 5.74) is 1.16. The summed E-state index contributed by atoms with van der Waals surface area (Å²) in [6.45, 7) is 3.71. The minimum Gasteiger partial charge on any atom is -0.337 e. The Hall–Kier alpha value is -1.88. The molecule has 1 aromatic carbocycles. The zero-order valence-corrected chi connectivity index (χ0v) is 14.8.